The summed E-state index contributed by atoms with van der Waals surface area (Å²) in [4.78, 5) is 21.1. The molecule has 0 aliphatic heterocycles. The summed E-state index contributed by atoms with van der Waals surface area (Å²) in [6.07, 6.45) is 0.359. The first-order chi connectivity index (χ1) is 6.72. The second kappa shape index (κ2) is 5.63. The summed E-state index contributed by atoms with van der Waals surface area (Å²) in [5.41, 5.74) is 6.85. The van der Waals surface area contributed by atoms with Crippen LogP contribution >= 0.6 is 0 Å². The van der Waals surface area contributed by atoms with E-state index in [1.165, 1.54) is 0 Å². The van der Waals surface area contributed by atoms with Gasteiger partial charge in [0.25, 0.3) is 16.0 Å². The normalized spacial score (nSPS) is 13.2. The molecular formula is C6H12N2O6S. The van der Waals surface area contributed by atoms with Gasteiger partial charge in [-0.15, -0.1) is 4.28 Å². The Kier molecular flexibility index (Phi) is 5.19. The van der Waals surface area contributed by atoms with E-state index >= 15 is 0 Å². The van der Waals surface area contributed by atoms with Gasteiger partial charge in [0.1, 0.15) is 0 Å². The summed E-state index contributed by atoms with van der Waals surface area (Å²) in [7, 11) is -3.79. The maximum atomic E-state index is 11.0. The van der Waals surface area contributed by atoms with E-state index in [9.17, 15) is 18.0 Å². The van der Waals surface area contributed by atoms with Crippen LogP contribution in [0.15, 0.2) is 0 Å². The molecule has 0 bridgehead atoms. The predicted octanol–water partition coefficient (Wildman–Crippen LogP) is -1.81. The van der Waals surface area contributed by atoms with Gasteiger partial charge in [-0.2, -0.15) is 8.42 Å². The number of aliphatic carboxylic acids is 1. The fourth-order valence-electron chi connectivity index (χ4n) is 0.603. The molecule has 15 heavy (non-hydrogen) atoms. The first kappa shape index (κ1) is 13.8. The molecule has 4 N–H and O–H groups in total. The molecule has 0 heterocycles. The van der Waals surface area contributed by atoms with E-state index < -0.39 is 28.0 Å². The number of carbonyl (C=O) groups is 2. The van der Waals surface area contributed by atoms with Crippen molar-refractivity contribution in [2.24, 2.45) is 5.73 Å². The number of nitrogens with two attached hydrogens (primary N) is 1. The highest BCUT2D eigenvalue weighted by atomic mass is 32.2. The lowest BCUT2D eigenvalue weighted by atomic mass is 10.1. The zero-order valence-corrected chi connectivity index (χ0v) is 8.78. The summed E-state index contributed by atoms with van der Waals surface area (Å²) >= 11 is 0. The molecule has 0 unspecified atom stereocenters. The van der Waals surface area contributed by atoms with Crippen molar-refractivity contribution in [3.05, 3.63) is 0 Å². The third-order valence-electron chi connectivity index (χ3n) is 1.30. The maximum absolute atomic E-state index is 11.0. The molecule has 0 aliphatic rings. The van der Waals surface area contributed by atoms with Crippen LogP contribution in [0.25, 0.3) is 0 Å². The summed E-state index contributed by atoms with van der Waals surface area (Å²) in [6.45, 7) is 0. The average Bonchev–Trinajstić information content (AvgIpc) is 2.08. The molecule has 9 heteroatoms. The molecule has 88 valence electrons. The Balaban J connectivity index is 3.95. The topological polar surface area (TPSA) is 136 Å². The molecule has 0 rings (SSSR count). The highest BCUT2D eigenvalue weighted by molar-refractivity contribution is 7.85. The van der Waals surface area contributed by atoms with Gasteiger partial charge in [0, 0.05) is 6.42 Å². The van der Waals surface area contributed by atoms with Crippen LogP contribution in [0.5, 0.6) is 0 Å². The fourth-order valence-corrected chi connectivity index (χ4v) is 0.836. The largest absolute Gasteiger partial charge is 0.481 e. The van der Waals surface area contributed by atoms with Crippen LogP contribution in [-0.4, -0.2) is 37.7 Å². The molecule has 0 radical (unpaired) electrons. The number of carboxylic acids is 1. The molecule has 0 fully saturated rings. The van der Waals surface area contributed by atoms with Gasteiger partial charge in [-0.05, 0) is 6.42 Å². The third-order valence-corrected chi connectivity index (χ3v) is 1.69. The second-order valence-corrected chi connectivity index (χ2v) is 4.37. The van der Waals surface area contributed by atoms with Crippen LogP contribution in [-0.2, 0) is 24.0 Å². The molecule has 0 spiro atoms. The average molecular weight is 240 g/mol. The zero-order chi connectivity index (χ0) is 12.1. The molecule has 0 aromatic heterocycles. The van der Waals surface area contributed by atoms with E-state index in [0.717, 1.165) is 6.26 Å². The Bertz CT molecular complexity index is 338. The Labute approximate surface area is 86.5 Å². The summed E-state index contributed by atoms with van der Waals surface area (Å²) in [5.74, 6) is -1.98. The highest BCUT2D eigenvalue weighted by Gasteiger charge is 2.16. The molecule has 0 aliphatic carbocycles. The Morgan fingerprint density at radius 2 is 2.07 bits per heavy atom. The molecule has 0 saturated heterocycles. The Morgan fingerprint density at radius 1 is 1.53 bits per heavy atom. The number of rotatable bonds is 6. The third kappa shape index (κ3) is 7.85. The highest BCUT2D eigenvalue weighted by Crippen LogP contribution is 1.95. The van der Waals surface area contributed by atoms with Crippen LogP contribution < -0.4 is 11.2 Å². The smallest absolute Gasteiger partial charge is 0.303 e. The second-order valence-electron chi connectivity index (χ2n) is 2.79. The first-order valence-electron chi connectivity index (χ1n) is 3.88. The van der Waals surface area contributed by atoms with Crippen molar-refractivity contribution in [3.8, 4) is 0 Å². The van der Waals surface area contributed by atoms with Gasteiger partial charge in [0.15, 0.2) is 0 Å². The number of amides is 1. The quantitative estimate of drug-likeness (QED) is 0.465. The van der Waals surface area contributed by atoms with Gasteiger partial charge >= 0.3 is 5.97 Å². The molecular weight excluding hydrogens is 228 g/mol. The van der Waals surface area contributed by atoms with Crippen molar-refractivity contribution in [3.63, 3.8) is 0 Å². The number of hydrogen-bond acceptors (Lipinski definition) is 6. The zero-order valence-electron chi connectivity index (χ0n) is 7.97. The minimum atomic E-state index is -3.79. The summed E-state index contributed by atoms with van der Waals surface area (Å²) in [5, 5.41) is 8.29. The van der Waals surface area contributed by atoms with Gasteiger partial charge in [0.05, 0.1) is 12.3 Å². The first-order valence-corrected chi connectivity index (χ1v) is 5.69. The van der Waals surface area contributed by atoms with Gasteiger partial charge in [-0.1, -0.05) is 0 Å². The molecule has 1 atom stereocenters. The fraction of sp³-hybridized carbons (Fsp3) is 0.667. The molecule has 1 amide bonds. The molecule has 8 nitrogen and oxygen atoms in total. The molecule has 0 aromatic carbocycles. The summed E-state index contributed by atoms with van der Waals surface area (Å²) in [6, 6.07) is -1.12. The van der Waals surface area contributed by atoms with E-state index in [2.05, 4.69) is 4.28 Å². The van der Waals surface area contributed by atoms with Crippen molar-refractivity contribution < 1.29 is 27.4 Å². The minimum absolute atomic E-state index is 0.103. The number of carbonyl (C=O) groups excluding carboxylic acids is 1. The van der Waals surface area contributed by atoms with Gasteiger partial charge in [0.2, 0.25) is 0 Å². The van der Waals surface area contributed by atoms with Crippen molar-refractivity contribution in [2.45, 2.75) is 18.9 Å². The Morgan fingerprint density at radius 3 is 2.47 bits per heavy atom. The van der Waals surface area contributed by atoms with Gasteiger partial charge in [-0.3, -0.25) is 9.59 Å². The molecule has 0 saturated carbocycles. The van der Waals surface area contributed by atoms with E-state index in [0.29, 0.717) is 0 Å². The number of hydrogen-bond donors (Lipinski definition) is 3. The van der Waals surface area contributed by atoms with Gasteiger partial charge < -0.3 is 10.8 Å². The van der Waals surface area contributed by atoms with E-state index in [1.807, 2.05) is 0 Å². The van der Waals surface area contributed by atoms with Crippen LogP contribution in [0.3, 0.4) is 0 Å². The number of nitrogens with one attached hydrogen (secondary N) is 1. The van der Waals surface area contributed by atoms with E-state index in [-0.39, 0.29) is 12.8 Å². The van der Waals surface area contributed by atoms with Crippen molar-refractivity contribution in [2.75, 3.05) is 6.26 Å². The van der Waals surface area contributed by atoms with Crippen molar-refractivity contribution in [1.82, 2.24) is 5.48 Å². The van der Waals surface area contributed by atoms with E-state index in [4.69, 9.17) is 10.8 Å². The van der Waals surface area contributed by atoms with Crippen LogP contribution in [0.2, 0.25) is 0 Å². The molecule has 0 aromatic rings. The number of carboxylic acid groups (broad SMARTS) is 1. The lowest BCUT2D eigenvalue weighted by molar-refractivity contribution is -0.137. The van der Waals surface area contributed by atoms with Gasteiger partial charge in [-0.25, -0.2) is 5.48 Å². The van der Waals surface area contributed by atoms with Crippen molar-refractivity contribution in [1.29, 1.82) is 0 Å². The van der Waals surface area contributed by atoms with E-state index in [1.54, 1.807) is 5.48 Å². The lowest BCUT2D eigenvalue weighted by Crippen LogP contribution is -2.41. The standard InChI is InChI=1S/C6H12N2O6S/c1-15(12,13)14-8-6(11)4(7)2-3-5(9)10/h4H,2-3,7H2,1H3,(H,8,11)(H,9,10)/t4-/m1/s1. The SMILES string of the molecule is CS(=O)(=O)ONC(=O)[C@H](N)CCC(=O)O. The van der Waals surface area contributed by atoms with Crippen LogP contribution in [0.4, 0.5) is 0 Å². The van der Waals surface area contributed by atoms with Crippen LogP contribution in [0, 0.1) is 0 Å². The summed E-state index contributed by atoms with van der Waals surface area (Å²) < 4.78 is 24.9. The number of hydroxylamine groups is 1. The minimum Gasteiger partial charge on any atom is -0.481 e. The monoisotopic (exact) mass is 240 g/mol. The van der Waals surface area contributed by atoms with Crippen molar-refractivity contribution >= 4 is 22.0 Å². The lowest BCUT2D eigenvalue weighted by Gasteiger charge is -2.09. The maximum Gasteiger partial charge on any atom is 0.303 e. The Hall–Kier alpha value is -1.19. The predicted molar refractivity (Wildman–Crippen MR) is 48.9 cm³/mol. The van der Waals surface area contributed by atoms with Crippen LogP contribution in [0.1, 0.15) is 12.8 Å².